The molecule has 0 saturated carbocycles. The van der Waals surface area contributed by atoms with E-state index in [1.54, 1.807) is 0 Å². The highest BCUT2D eigenvalue weighted by Crippen LogP contribution is 2.46. The van der Waals surface area contributed by atoms with Crippen molar-refractivity contribution in [3.8, 4) is 23.0 Å². The largest absolute Gasteiger partial charge is 0.450 e. The lowest BCUT2D eigenvalue weighted by molar-refractivity contribution is 0.0410. The van der Waals surface area contributed by atoms with Gasteiger partial charge >= 0.3 is 0 Å². The molecule has 0 bridgehead atoms. The van der Waals surface area contributed by atoms with Gasteiger partial charge in [0.2, 0.25) is 0 Å². The van der Waals surface area contributed by atoms with Gasteiger partial charge in [-0.2, -0.15) is 0 Å². The summed E-state index contributed by atoms with van der Waals surface area (Å²) in [6, 6.07) is 18.2. The molecule has 26 heavy (non-hydrogen) atoms. The van der Waals surface area contributed by atoms with Crippen LogP contribution >= 0.6 is 0 Å². The summed E-state index contributed by atoms with van der Waals surface area (Å²) in [5, 5.41) is 12.4. The second-order valence-corrected chi connectivity index (χ2v) is 8.25. The average Bonchev–Trinajstić information content (AvgIpc) is 2.56. The molecule has 0 aliphatic carbocycles. The van der Waals surface area contributed by atoms with Crippen LogP contribution in [0.4, 0.5) is 0 Å². The molecule has 0 spiro atoms. The van der Waals surface area contributed by atoms with Gasteiger partial charge in [-0.15, -0.1) is 0 Å². The highest BCUT2D eigenvalue weighted by molar-refractivity contribution is 6.57. The minimum atomic E-state index is -0.772. The van der Waals surface area contributed by atoms with Crippen molar-refractivity contribution in [1.82, 2.24) is 0 Å². The van der Waals surface area contributed by atoms with Gasteiger partial charge < -0.3 is 14.6 Å². The van der Waals surface area contributed by atoms with E-state index in [2.05, 4.69) is 26.0 Å². The Morgan fingerprint density at radius 1 is 0.731 bits per heavy atom. The van der Waals surface area contributed by atoms with Crippen molar-refractivity contribution < 1.29 is 14.6 Å². The van der Waals surface area contributed by atoms with Crippen LogP contribution in [0.1, 0.15) is 27.7 Å². The van der Waals surface area contributed by atoms with Crippen LogP contribution in [0.25, 0.3) is 10.8 Å². The van der Waals surface area contributed by atoms with Crippen molar-refractivity contribution in [1.29, 1.82) is 0 Å². The molecule has 0 saturated heterocycles. The Kier molecular flexibility index (Phi) is 3.78. The third-order valence-corrected chi connectivity index (χ3v) is 5.56. The molecule has 0 radical (unpaired) electrons. The van der Waals surface area contributed by atoms with Gasteiger partial charge in [0, 0.05) is 0 Å². The van der Waals surface area contributed by atoms with Gasteiger partial charge in [0.1, 0.15) is 0 Å². The molecule has 132 valence electrons. The lowest BCUT2D eigenvalue weighted by Gasteiger charge is -2.37. The normalized spacial score (nSPS) is 13.4. The lowest BCUT2D eigenvalue weighted by atomic mass is 9.45. The number of aliphatic hydroxyl groups is 1. The minimum Gasteiger partial charge on any atom is -0.450 e. The number of ether oxygens (including phenoxy) is 2. The molecule has 3 aromatic rings. The molecular formula is C22H23BO3. The maximum absolute atomic E-state index is 10.4. The molecule has 0 amide bonds. The molecule has 0 aromatic heterocycles. The Bertz CT molecular complexity index is 986. The summed E-state index contributed by atoms with van der Waals surface area (Å²) in [7, 11) is 0.748. The third-order valence-electron chi connectivity index (χ3n) is 5.56. The number of fused-ring (bicyclic) bond motifs is 3. The van der Waals surface area contributed by atoms with E-state index in [0.29, 0.717) is 0 Å². The molecule has 3 aromatic carbocycles. The smallest absolute Gasteiger partial charge is 0.170 e. The molecule has 1 N–H and O–H groups in total. The van der Waals surface area contributed by atoms with Crippen LogP contribution in [-0.2, 0) is 0 Å². The van der Waals surface area contributed by atoms with Crippen LogP contribution in [0.5, 0.6) is 23.0 Å². The molecule has 4 heteroatoms. The topological polar surface area (TPSA) is 38.7 Å². The van der Waals surface area contributed by atoms with Crippen molar-refractivity contribution in [2.45, 2.75) is 38.6 Å². The first-order valence-electron chi connectivity index (χ1n) is 8.97. The lowest BCUT2D eigenvalue weighted by Crippen LogP contribution is -2.41. The van der Waals surface area contributed by atoms with Gasteiger partial charge in [0.05, 0.1) is 5.60 Å². The minimum absolute atomic E-state index is 0.259. The monoisotopic (exact) mass is 346 g/mol. The second-order valence-electron chi connectivity index (χ2n) is 8.25. The highest BCUT2D eigenvalue weighted by atomic mass is 16.6. The molecule has 1 aliphatic heterocycles. The van der Waals surface area contributed by atoms with Gasteiger partial charge in [0.15, 0.2) is 30.3 Å². The van der Waals surface area contributed by atoms with Crippen molar-refractivity contribution in [3.05, 3.63) is 54.6 Å². The van der Waals surface area contributed by atoms with E-state index in [0.717, 1.165) is 46.5 Å². The first-order valence-corrected chi connectivity index (χ1v) is 8.97. The van der Waals surface area contributed by atoms with Crippen molar-refractivity contribution >= 4 is 23.5 Å². The summed E-state index contributed by atoms with van der Waals surface area (Å²) in [6.07, 6.45) is 0. The number of rotatable bonds is 3. The fourth-order valence-corrected chi connectivity index (χ4v) is 3.15. The zero-order chi connectivity index (χ0) is 18.5. The summed E-state index contributed by atoms with van der Waals surface area (Å²) < 4.78 is 12.2. The Hall–Kier alpha value is -2.46. The predicted molar refractivity (Wildman–Crippen MR) is 108 cm³/mol. The fourth-order valence-electron chi connectivity index (χ4n) is 3.15. The van der Waals surface area contributed by atoms with E-state index in [1.165, 1.54) is 0 Å². The molecule has 1 heterocycles. The summed E-state index contributed by atoms with van der Waals surface area (Å²) in [4.78, 5) is 0. The molecule has 1 aliphatic rings. The molecule has 3 nitrogen and oxygen atoms in total. The summed E-state index contributed by atoms with van der Waals surface area (Å²) in [5.74, 6) is 2.91. The fraction of sp³-hybridized carbons (Fsp3) is 0.273. The predicted octanol–water partition coefficient (Wildman–Crippen LogP) is 4.77. The molecule has 0 unspecified atom stereocenters. The Balaban J connectivity index is 1.67. The molecular weight excluding hydrogens is 323 g/mol. The van der Waals surface area contributed by atoms with Gasteiger partial charge in [-0.3, -0.25) is 0 Å². The van der Waals surface area contributed by atoms with E-state index in [1.807, 2.05) is 56.3 Å². The van der Waals surface area contributed by atoms with Crippen LogP contribution < -0.4 is 14.9 Å². The second kappa shape index (κ2) is 5.78. The summed E-state index contributed by atoms with van der Waals surface area (Å²) in [5.41, 5.74) is 0.343. The van der Waals surface area contributed by atoms with Gasteiger partial charge in [-0.05, 0) is 54.2 Å². The highest BCUT2D eigenvalue weighted by Gasteiger charge is 2.36. The van der Waals surface area contributed by atoms with Crippen LogP contribution in [0.3, 0.4) is 0 Å². The molecule has 4 rings (SSSR count). The van der Waals surface area contributed by atoms with Crippen LogP contribution in [0.15, 0.2) is 54.6 Å². The maximum atomic E-state index is 10.4. The maximum Gasteiger partial charge on any atom is 0.170 e. The Morgan fingerprint density at radius 2 is 1.27 bits per heavy atom. The van der Waals surface area contributed by atoms with Gasteiger partial charge in [-0.1, -0.05) is 49.6 Å². The third kappa shape index (κ3) is 2.95. The number of hydrogen-bond acceptors (Lipinski definition) is 3. The van der Waals surface area contributed by atoms with Gasteiger partial charge in [-0.25, -0.2) is 0 Å². The molecule has 0 fully saturated rings. The van der Waals surface area contributed by atoms with Crippen molar-refractivity contribution in [2.75, 3.05) is 0 Å². The summed E-state index contributed by atoms with van der Waals surface area (Å²) >= 11 is 0. The van der Waals surface area contributed by atoms with E-state index >= 15 is 0 Å². The SMILES string of the molecule is CC(C)(O)C(C)(C)Bc1ccc2c(c1)Oc1cc3ccccc3cc1O2. The van der Waals surface area contributed by atoms with Crippen LogP contribution in [0.2, 0.25) is 5.31 Å². The van der Waals surface area contributed by atoms with Crippen molar-refractivity contribution in [3.63, 3.8) is 0 Å². The number of hydrogen-bond donors (Lipinski definition) is 1. The van der Waals surface area contributed by atoms with Crippen LogP contribution in [-0.4, -0.2) is 18.0 Å². The summed E-state index contributed by atoms with van der Waals surface area (Å²) in [6.45, 7) is 7.86. The van der Waals surface area contributed by atoms with E-state index in [4.69, 9.17) is 9.47 Å². The first-order chi connectivity index (χ1) is 12.2. The van der Waals surface area contributed by atoms with Crippen LogP contribution in [0, 0.1) is 0 Å². The van der Waals surface area contributed by atoms with Crippen molar-refractivity contribution in [2.24, 2.45) is 0 Å². The zero-order valence-corrected chi connectivity index (χ0v) is 15.7. The number of benzene rings is 3. The van der Waals surface area contributed by atoms with E-state index in [-0.39, 0.29) is 5.31 Å². The zero-order valence-electron chi connectivity index (χ0n) is 15.7. The Morgan fingerprint density at radius 3 is 1.85 bits per heavy atom. The van der Waals surface area contributed by atoms with Gasteiger partial charge in [0.25, 0.3) is 0 Å². The standard InChI is InChI=1S/C22H23BO3/c1-21(2,22(3,4)24)23-16-9-10-17-20(13-16)26-19-12-15-8-6-5-7-14(15)11-18(19)25-17/h5-13,23-24H,1-4H3. The van der Waals surface area contributed by atoms with E-state index in [9.17, 15) is 5.11 Å². The Labute approximate surface area is 154 Å². The average molecular weight is 346 g/mol. The first kappa shape index (κ1) is 17.0. The van der Waals surface area contributed by atoms with E-state index < -0.39 is 5.60 Å². The molecule has 0 atom stereocenters. The quantitative estimate of drug-likeness (QED) is 0.543.